The summed E-state index contributed by atoms with van der Waals surface area (Å²) in [5, 5.41) is 22.5. The molecule has 0 amide bonds. The van der Waals surface area contributed by atoms with Crippen molar-refractivity contribution >= 4 is 0 Å². The molecule has 0 aliphatic heterocycles. The van der Waals surface area contributed by atoms with Crippen molar-refractivity contribution in [3.63, 3.8) is 0 Å². The van der Waals surface area contributed by atoms with E-state index in [0.717, 1.165) is 40.8 Å². The summed E-state index contributed by atoms with van der Waals surface area (Å²) >= 11 is 0. The van der Waals surface area contributed by atoms with Gasteiger partial charge in [-0.05, 0) is 55.2 Å². The second kappa shape index (κ2) is 9.33. The Morgan fingerprint density at radius 2 is 1.81 bits per heavy atom. The number of nitrogens with zero attached hydrogens (tertiary/aromatic N) is 9. The SMILES string of the molecule is CCCc1cn(-c2nncn2C(C)(C)C)c(=O)n1Cc1cnccc1-c1ccc(-c2nn[nH]n2)cc1. The third-order valence-corrected chi connectivity index (χ3v) is 6.07. The molecule has 0 aliphatic rings. The first kappa shape index (κ1) is 23.3. The van der Waals surface area contributed by atoms with Gasteiger partial charge in [0.15, 0.2) is 0 Å². The predicted octanol–water partition coefficient (Wildman–Crippen LogP) is 3.23. The smallest absolute Gasteiger partial charge is 0.294 e. The van der Waals surface area contributed by atoms with Gasteiger partial charge in [-0.3, -0.25) is 14.1 Å². The maximum Gasteiger partial charge on any atom is 0.335 e. The molecule has 0 radical (unpaired) electrons. The van der Waals surface area contributed by atoms with Gasteiger partial charge in [-0.25, -0.2) is 9.36 Å². The summed E-state index contributed by atoms with van der Waals surface area (Å²) in [5.41, 5.74) is 4.34. The zero-order valence-corrected chi connectivity index (χ0v) is 20.8. The maximum atomic E-state index is 13.7. The Morgan fingerprint density at radius 1 is 1.03 bits per heavy atom. The van der Waals surface area contributed by atoms with Crippen molar-refractivity contribution in [2.24, 2.45) is 0 Å². The molecule has 4 heterocycles. The van der Waals surface area contributed by atoms with E-state index in [-0.39, 0.29) is 11.2 Å². The zero-order valence-electron chi connectivity index (χ0n) is 20.8. The molecule has 11 nitrogen and oxygen atoms in total. The fourth-order valence-corrected chi connectivity index (χ4v) is 4.25. The molecule has 184 valence electrons. The van der Waals surface area contributed by atoms with Crippen molar-refractivity contribution in [3.05, 3.63) is 77.0 Å². The van der Waals surface area contributed by atoms with Gasteiger partial charge < -0.3 is 0 Å². The van der Waals surface area contributed by atoms with Crippen LogP contribution in [0.15, 0.2) is 60.0 Å². The van der Waals surface area contributed by atoms with E-state index >= 15 is 0 Å². The Balaban J connectivity index is 1.54. The number of rotatable bonds is 7. The van der Waals surface area contributed by atoms with E-state index in [0.29, 0.717) is 18.3 Å². The monoisotopic (exact) mass is 484 g/mol. The zero-order chi connectivity index (χ0) is 25.3. The number of benzene rings is 1. The molecule has 5 rings (SSSR count). The van der Waals surface area contributed by atoms with Crippen LogP contribution in [-0.2, 0) is 18.5 Å². The van der Waals surface area contributed by atoms with Gasteiger partial charge in [0.05, 0.1) is 6.54 Å². The minimum atomic E-state index is -0.268. The lowest BCUT2D eigenvalue weighted by atomic mass is 10.00. The average Bonchev–Trinajstić information content (AvgIpc) is 3.62. The first-order chi connectivity index (χ1) is 17.4. The lowest BCUT2D eigenvalue weighted by Crippen LogP contribution is -2.30. The third-order valence-electron chi connectivity index (χ3n) is 6.07. The van der Waals surface area contributed by atoms with E-state index in [2.05, 4.69) is 63.5 Å². The van der Waals surface area contributed by atoms with Gasteiger partial charge in [0, 0.05) is 35.4 Å². The van der Waals surface area contributed by atoms with Gasteiger partial charge in [0.25, 0.3) is 0 Å². The second-order valence-corrected chi connectivity index (χ2v) is 9.63. The molecule has 0 spiro atoms. The molecule has 11 heteroatoms. The molecule has 0 saturated heterocycles. The summed E-state index contributed by atoms with van der Waals surface area (Å²) in [6.45, 7) is 8.66. The van der Waals surface area contributed by atoms with E-state index in [1.165, 1.54) is 0 Å². The molecule has 4 aromatic heterocycles. The van der Waals surface area contributed by atoms with Crippen LogP contribution in [0.5, 0.6) is 0 Å². The van der Waals surface area contributed by atoms with E-state index < -0.39 is 0 Å². The van der Waals surface area contributed by atoms with Gasteiger partial charge >= 0.3 is 5.69 Å². The fraction of sp³-hybridized carbons (Fsp3) is 0.320. The van der Waals surface area contributed by atoms with E-state index in [1.807, 2.05) is 47.3 Å². The normalized spacial score (nSPS) is 11.8. The number of aryl methyl sites for hydroxylation is 1. The van der Waals surface area contributed by atoms with Crippen molar-refractivity contribution in [2.75, 3.05) is 0 Å². The first-order valence-corrected chi connectivity index (χ1v) is 11.9. The van der Waals surface area contributed by atoms with Crippen LogP contribution in [0.3, 0.4) is 0 Å². The van der Waals surface area contributed by atoms with E-state index in [9.17, 15) is 4.79 Å². The largest absolute Gasteiger partial charge is 0.335 e. The van der Waals surface area contributed by atoms with Crippen LogP contribution < -0.4 is 5.69 Å². The average molecular weight is 485 g/mol. The molecule has 0 atom stereocenters. The summed E-state index contributed by atoms with van der Waals surface area (Å²) < 4.78 is 5.31. The minimum absolute atomic E-state index is 0.154. The highest BCUT2D eigenvalue weighted by Gasteiger charge is 2.22. The number of H-pyrrole nitrogens is 1. The highest BCUT2D eigenvalue weighted by molar-refractivity contribution is 5.69. The predicted molar refractivity (Wildman–Crippen MR) is 135 cm³/mol. The number of aromatic amines is 1. The van der Waals surface area contributed by atoms with Crippen molar-refractivity contribution in [3.8, 4) is 28.5 Å². The van der Waals surface area contributed by atoms with Crippen LogP contribution in [0.2, 0.25) is 0 Å². The number of aromatic nitrogens is 10. The molecule has 1 aromatic carbocycles. The molecule has 0 bridgehead atoms. The summed E-state index contributed by atoms with van der Waals surface area (Å²) in [6.07, 6.45) is 8.80. The van der Waals surface area contributed by atoms with Gasteiger partial charge in [-0.1, -0.05) is 37.6 Å². The van der Waals surface area contributed by atoms with Crippen molar-refractivity contribution in [1.82, 2.24) is 49.5 Å². The molecular weight excluding hydrogens is 456 g/mol. The fourth-order valence-electron chi connectivity index (χ4n) is 4.25. The molecule has 0 aliphatic carbocycles. The van der Waals surface area contributed by atoms with Crippen molar-refractivity contribution in [1.29, 1.82) is 0 Å². The van der Waals surface area contributed by atoms with Crippen LogP contribution in [0, 0.1) is 0 Å². The van der Waals surface area contributed by atoms with Gasteiger partial charge in [-0.15, -0.1) is 20.4 Å². The number of imidazole rings is 1. The van der Waals surface area contributed by atoms with E-state index in [1.54, 1.807) is 21.7 Å². The molecule has 0 saturated carbocycles. The Bertz CT molecular complexity index is 1520. The molecular formula is C25H28N10O. The highest BCUT2D eigenvalue weighted by atomic mass is 16.2. The van der Waals surface area contributed by atoms with Crippen LogP contribution in [0.25, 0.3) is 28.5 Å². The summed E-state index contributed by atoms with van der Waals surface area (Å²) in [4.78, 5) is 18.0. The number of pyridine rings is 1. The molecule has 0 unspecified atom stereocenters. The number of nitrogens with one attached hydrogen (secondary N) is 1. The van der Waals surface area contributed by atoms with Gasteiger partial charge in [0.2, 0.25) is 11.8 Å². The van der Waals surface area contributed by atoms with Crippen LogP contribution in [0.4, 0.5) is 0 Å². The Labute approximate surface area is 207 Å². The lowest BCUT2D eigenvalue weighted by Gasteiger charge is -2.21. The topological polar surface area (TPSA) is 125 Å². The Kier molecular flexibility index (Phi) is 6.05. The molecule has 0 fully saturated rings. The first-order valence-electron chi connectivity index (χ1n) is 11.9. The lowest BCUT2D eigenvalue weighted by molar-refractivity contribution is 0.389. The highest BCUT2D eigenvalue weighted by Crippen LogP contribution is 2.26. The standard InChI is InChI=1S/C25H28N10O/c1-5-6-20-15-34(23-30-27-16-35(23)25(2,3)4)24(36)33(20)14-19-13-26-12-11-21(19)17-7-9-18(10-8-17)22-28-31-32-29-22/h7-13,15-16H,5-6,14H2,1-4H3,(H,28,29,31,32). The maximum absolute atomic E-state index is 13.7. The quantitative estimate of drug-likeness (QED) is 0.376. The van der Waals surface area contributed by atoms with Crippen molar-refractivity contribution in [2.45, 2.75) is 52.6 Å². The second-order valence-electron chi connectivity index (χ2n) is 9.63. The Hall–Kier alpha value is -4.41. The van der Waals surface area contributed by atoms with E-state index in [4.69, 9.17) is 0 Å². The van der Waals surface area contributed by atoms with Crippen molar-refractivity contribution < 1.29 is 0 Å². The summed E-state index contributed by atoms with van der Waals surface area (Å²) in [7, 11) is 0. The Morgan fingerprint density at radius 3 is 2.50 bits per heavy atom. The van der Waals surface area contributed by atoms with Gasteiger partial charge in [-0.2, -0.15) is 5.21 Å². The van der Waals surface area contributed by atoms with Crippen LogP contribution >= 0.6 is 0 Å². The molecule has 36 heavy (non-hydrogen) atoms. The van der Waals surface area contributed by atoms with Gasteiger partial charge in [0.1, 0.15) is 6.33 Å². The molecule has 1 N–H and O–H groups in total. The van der Waals surface area contributed by atoms with Crippen LogP contribution in [0.1, 0.15) is 45.4 Å². The third kappa shape index (κ3) is 4.35. The number of tetrazole rings is 1. The minimum Gasteiger partial charge on any atom is -0.294 e. The summed E-state index contributed by atoms with van der Waals surface area (Å²) in [5.74, 6) is 1.05. The number of hydrogen-bond acceptors (Lipinski definition) is 7. The van der Waals surface area contributed by atoms with Crippen LogP contribution in [-0.4, -0.2) is 49.5 Å². The molecule has 5 aromatic rings. The number of hydrogen-bond donors (Lipinski definition) is 1. The summed E-state index contributed by atoms with van der Waals surface area (Å²) in [6, 6.07) is 9.90.